The van der Waals surface area contributed by atoms with Crippen LogP contribution in [0.1, 0.15) is 49.9 Å². The zero-order valence-electron chi connectivity index (χ0n) is 12.1. The third-order valence-electron chi connectivity index (χ3n) is 3.96. The molecule has 0 aromatic carbocycles. The van der Waals surface area contributed by atoms with E-state index in [2.05, 4.69) is 31.1 Å². The van der Waals surface area contributed by atoms with Gasteiger partial charge in [0.15, 0.2) is 0 Å². The first-order valence-electron chi connectivity index (χ1n) is 7.34. The molecule has 4 heteroatoms. The second kappa shape index (κ2) is 5.15. The van der Waals surface area contributed by atoms with E-state index in [-0.39, 0.29) is 5.41 Å². The first-order valence-corrected chi connectivity index (χ1v) is 8.16. The monoisotopic (exact) mass is 280 g/mol. The standard InChI is InChI=1S/C15H24N2OS/c1-15(2,3)14-17-9-11(19-14)8-16-12-6-7-18-13(12)10-4-5-10/h9-10,12-13,16H,4-8H2,1-3H3. The van der Waals surface area contributed by atoms with E-state index >= 15 is 0 Å². The first-order chi connectivity index (χ1) is 9.04. The SMILES string of the molecule is CC(C)(C)c1ncc(CNC2CCOC2C2CC2)s1. The van der Waals surface area contributed by atoms with Gasteiger partial charge in [-0.15, -0.1) is 11.3 Å². The summed E-state index contributed by atoms with van der Waals surface area (Å²) < 4.78 is 5.86. The quantitative estimate of drug-likeness (QED) is 0.920. The molecule has 2 heterocycles. The number of hydrogen-bond donors (Lipinski definition) is 1. The van der Waals surface area contributed by atoms with Crippen LogP contribution < -0.4 is 5.32 Å². The molecule has 2 unspecified atom stereocenters. The maximum absolute atomic E-state index is 5.86. The summed E-state index contributed by atoms with van der Waals surface area (Å²) in [5.41, 5.74) is 0.163. The van der Waals surface area contributed by atoms with Gasteiger partial charge in [-0.1, -0.05) is 20.8 Å². The fourth-order valence-electron chi connectivity index (χ4n) is 2.69. The van der Waals surface area contributed by atoms with Gasteiger partial charge >= 0.3 is 0 Å². The van der Waals surface area contributed by atoms with E-state index in [4.69, 9.17) is 4.74 Å². The molecule has 0 spiro atoms. The van der Waals surface area contributed by atoms with Crippen molar-refractivity contribution in [2.75, 3.05) is 6.61 Å². The summed E-state index contributed by atoms with van der Waals surface area (Å²) in [6.45, 7) is 8.52. The number of aromatic nitrogens is 1. The lowest BCUT2D eigenvalue weighted by Crippen LogP contribution is -2.37. The molecule has 2 fully saturated rings. The van der Waals surface area contributed by atoms with Gasteiger partial charge in [0.2, 0.25) is 0 Å². The van der Waals surface area contributed by atoms with E-state index in [1.807, 2.05) is 17.5 Å². The molecule has 1 N–H and O–H groups in total. The molecular formula is C15H24N2OS. The van der Waals surface area contributed by atoms with Crippen LogP contribution >= 0.6 is 11.3 Å². The molecule has 106 valence electrons. The van der Waals surface area contributed by atoms with E-state index in [1.165, 1.54) is 22.7 Å². The first kappa shape index (κ1) is 13.5. The van der Waals surface area contributed by atoms with Crippen molar-refractivity contribution in [3.63, 3.8) is 0 Å². The van der Waals surface area contributed by atoms with E-state index in [1.54, 1.807) is 0 Å². The van der Waals surface area contributed by atoms with Crippen molar-refractivity contribution < 1.29 is 4.74 Å². The Morgan fingerprint density at radius 1 is 1.37 bits per heavy atom. The number of hydrogen-bond acceptors (Lipinski definition) is 4. The summed E-state index contributed by atoms with van der Waals surface area (Å²) >= 11 is 1.83. The lowest BCUT2D eigenvalue weighted by Gasteiger charge is -2.19. The smallest absolute Gasteiger partial charge is 0.0981 e. The van der Waals surface area contributed by atoms with Gasteiger partial charge < -0.3 is 10.1 Å². The van der Waals surface area contributed by atoms with Gasteiger partial charge in [0.25, 0.3) is 0 Å². The summed E-state index contributed by atoms with van der Waals surface area (Å²) in [5, 5.41) is 4.91. The van der Waals surface area contributed by atoms with E-state index in [9.17, 15) is 0 Å². The minimum absolute atomic E-state index is 0.163. The van der Waals surface area contributed by atoms with Crippen LogP contribution in [-0.4, -0.2) is 23.7 Å². The summed E-state index contributed by atoms with van der Waals surface area (Å²) in [7, 11) is 0. The molecule has 3 nitrogen and oxygen atoms in total. The number of ether oxygens (including phenoxy) is 1. The third kappa shape index (κ3) is 3.18. The molecule has 19 heavy (non-hydrogen) atoms. The Bertz CT molecular complexity index is 434. The average molecular weight is 280 g/mol. The molecule has 0 bridgehead atoms. The summed E-state index contributed by atoms with van der Waals surface area (Å²) in [5.74, 6) is 0.826. The minimum atomic E-state index is 0.163. The average Bonchev–Trinajstić information content (AvgIpc) is 2.91. The van der Waals surface area contributed by atoms with Gasteiger partial charge in [0.1, 0.15) is 0 Å². The highest BCUT2D eigenvalue weighted by Crippen LogP contribution is 2.38. The topological polar surface area (TPSA) is 34.2 Å². The molecular weight excluding hydrogens is 256 g/mol. The Kier molecular flexibility index (Phi) is 3.67. The molecule has 1 aliphatic carbocycles. The van der Waals surface area contributed by atoms with Crippen LogP contribution in [-0.2, 0) is 16.7 Å². The van der Waals surface area contributed by atoms with Gasteiger partial charge in [0, 0.05) is 35.7 Å². The predicted octanol–water partition coefficient (Wildman–Crippen LogP) is 3.10. The number of nitrogens with zero attached hydrogens (tertiary/aromatic N) is 1. The van der Waals surface area contributed by atoms with Crippen molar-refractivity contribution in [3.05, 3.63) is 16.1 Å². The van der Waals surface area contributed by atoms with E-state index < -0.39 is 0 Å². The molecule has 3 rings (SSSR count). The summed E-state index contributed by atoms with van der Waals surface area (Å²) in [6.07, 6.45) is 6.37. The van der Waals surface area contributed by atoms with Gasteiger partial charge in [-0.3, -0.25) is 0 Å². The molecule has 2 atom stereocenters. The zero-order valence-corrected chi connectivity index (χ0v) is 12.9. The van der Waals surface area contributed by atoms with E-state index in [0.29, 0.717) is 12.1 Å². The number of thiazole rings is 1. The van der Waals surface area contributed by atoms with Crippen molar-refractivity contribution in [1.82, 2.24) is 10.3 Å². The van der Waals surface area contributed by atoms with Crippen molar-refractivity contribution >= 4 is 11.3 Å². The second-order valence-corrected chi connectivity index (χ2v) is 7.95. The minimum Gasteiger partial charge on any atom is -0.376 e. The molecule has 1 saturated carbocycles. The van der Waals surface area contributed by atoms with Crippen LogP contribution in [0.25, 0.3) is 0 Å². The van der Waals surface area contributed by atoms with Crippen molar-refractivity contribution in [1.29, 1.82) is 0 Å². The second-order valence-electron chi connectivity index (χ2n) is 6.83. The number of nitrogens with one attached hydrogen (secondary N) is 1. The lowest BCUT2D eigenvalue weighted by atomic mass is 9.98. The van der Waals surface area contributed by atoms with Crippen LogP contribution in [0, 0.1) is 5.92 Å². The highest BCUT2D eigenvalue weighted by Gasteiger charge is 2.40. The zero-order chi connectivity index (χ0) is 13.5. The highest BCUT2D eigenvalue weighted by molar-refractivity contribution is 7.11. The molecule has 0 radical (unpaired) electrons. The van der Waals surface area contributed by atoms with Crippen LogP contribution in [0.3, 0.4) is 0 Å². The Morgan fingerprint density at radius 3 is 2.79 bits per heavy atom. The van der Waals surface area contributed by atoms with Gasteiger partial charge in [0.05, 0.1) is 11.1 Å². The Labute approximate surface area is 119 Å². The maximum Gasteiger partial charge on any atom is 0.0981 e. The molecule has 0 amide bonds. The summed E-state index contributed by atoms with van der Waals surface area (Å²) in [6, 6.07) is 0.549. The fourth-order valence-corrected chi connectivity index (χ4v) is 3.61. The Hall–Kier alpha value is -0.450. The molecule has 1 aromatic heterocycles. The molecule has 2 aliphatic rings. The largest absolute Gasteiger partial charge is 0.376 e. The van der Waals surface area contributed by atoms with Crippen molar-refractivity contribution in [2.24, 2.45) is 5.92 Å². The van der Waals surface area contributed by atoms with Gasteiger partial charge in [-0.25, -0.2) is 4.98 Å². The normalized spacial score (nSPS) is 27.9. The van der Waals surface area contributed by atoms with Crippen LogP contribution in [0.2, 0.25) is 0 Å². The molecule has 1 aromatic rings. The van der Waals surface area contributed by atoms with Crippen LogP contribution in [0.5, 0.6) is 0 Å². The number of rotatable bonds is 4. The van der Waals surface area contributed by atoms with Crippen molar-refractivity contribution in [3.8, 4) is 0 Å². The van der Waals surface area contributed by atoms with Crippen LogP contribution in [0.15, 0.2) is 6.20 Å². The van der Waals surface area contributed by atoms with Gasteiger partial charge in [-0.2, -0.15) is 0 Å². The van der Waals surface area contributed by atoms with Crippen molar-refractivity contribution in [2.45, 2.75) is 64.1 Å². The van der Waals surface area contributed by atoms with Crippen LogP contribution in [0.4, 0.5) is 0 Å². The fraction of sp³-hybridized carbons (Fsp3) is 0.800. The maximum atomic E-state index is 5.86. The van der Waals surface area contributed by atoms with Gasteiger partial charge in [-0.05, 0) is 25.2 Å². The molecule has 1 saturated heterocycles. The highest BCUT2D eigenvalue weighted by atomic mass is 32.1. The summed E-state index contributed by atoms with van der Waals surface area (Å²) in [4.78, 5) is 5.89. The Balaban J connectivity index is 1.55. The molecule has 1 aliphatic heterocycles. The Morgan fingerprint density at radius 2 is 2.16 bits per heavy atom. The third-order valence-corrected chi connectivity index (χ3v) is 5.38. The lowest BCUT2D eigenvalue weighted by molar-refractivity contribution is 0.0809. The van der Waals surface area contributed by atoms with E-state index in [0.717, 1.165) is 25.5 Å². The predicted molar refractivity (Wildman–Crippen MR) is 78.5 cm³/mol.